The topological polar surface area (TPSA) is 58.1 Å². The van der Waals surface area contributed by atoms with Crippen LogP contribution in [-0.2, 0) is 13.0 Å². The summed E-state index contributed by atoms with van der Waals surface area (Å²) in [6, 6.07) is 16.3. The zero-order valence-corrected chi connectivity index (χ0v) is 14.6. The molecule has 0 saturated heterocycles. The Morgan fingerprint density at radius 3 is 2.73 bits per heavy atom. The van der Waals surface area contributed by atoms with Crippen LogP contribution in [0.5, 0.6) is 0 Å². The molecule has 0 aliphatic carbocycles. The minimum atomic E-state index is -0.178. The van der Waals surface area contributed by atoms with Gasteiger partial charge < -0.3 is 10.2 Å². The maximum Gasteiger partial charge on any atom is 0.270 e. The third kappa shape index (κ3) is 3.16. The molecule has 0 radical (unpaired) electrons. The number of para-hydroxylation sites is 1. The number of amides is 1. The van der Waals surface area contributed by atoms with E-state index in [-0.39, 0.29) is 5.91 Å². The molecule has 1 amide bonds. The van der Waals surface area contributed by atoms with Crippen molar-refractivity contribution in [2.45, 2.75) is 25.9 Å². The minimum Gasteiger partial charge on any atom is -0.347 e. The van der Waals surface area contributed by atoms with Crippen molar-refractivity contribution in [3.63, 3.8) is 0 Å². The Balaban J connectivity index is 1.48. The van der Waals surface area contributed by atoms with Gasteiger partial charge in [-0.1, -0.05) is 18.2 Å². The highest BCUT2D eigenvalue weighted by Gasteiger charge is 2.27. The molecule has 26 heavy (non-hydrogen) atoms. The monoisotopic (exact) mass is 344 g/mol. The predicted molar refractivity (Wildman–Crippen MR) is 101 cm³/mol. The van der Waals surface area contributed by atoms with E-state index in [0.717, 1.165) is 17.7 Å². The number of nitrogens with zero attached hydrogens (tertiary/aromatic N) is 3. The third-order valence-corrected chi connectivity index (χ3v) is 4.67. The molecule has 1 aliphatic heterocycles. The fraction of sp³-hybridized carbons (Fsp3) is 0.190. The summed E-state index contributed by atoms with van der Waals surface area (Å²) in [4.78, 5) is 22.9. The van der Waals surface area contributed by atoms with Crippen molar-refractivity contribution in [3.8, 4) is 0 Å². The van der Waals surface area contributed by atoms with Gasteiger partial charge in [-0.2, -0.15) is 0 Å². The quantitative estimate of drug-likeness (QED) is 0.787. The van der Waals surface area contributed by atoms with Crippen LogP contribution in [0, 0.1) is 0 Å². The smallest absolute Gasteiger partial charge is 0.270 e. The first-order chi connectivity index (χ1) is 12.7. The van der Waals surface area contributed by atoms with E-state index in [1.54, 1.807) is 24.7 Å². The van der Waals surface area contributed by atoms with Crippen molar-refractivity contribution < 1.29 is 4.79 Å². The Labute approximate surface area is 152 Å². The maximum absolute atomic E-state index is 12.3. The van der Waals surface area contributed by atoms with Gasteiger partial charge in [-0.15, -0.1) is 0 Å². The zero-order valence-electron chi connectivity index (χ0n) is 14.6. The van der Waals surface area contributed by atoms with Gasteiger partial charge in [0.25, 0.3) is 5.91 Å². The number of benzene rings is 1. The molecule has 0 spiro atoms. The SMILES string of the molecule is CC1Cc2ccccc2N1c1ccc(C(=O)NCc2ccncc2)nc1. The molecule has 3 heterocycles. The lowest BCUT2D eigenvalue weighted by Gasteiger charge is -2.24. The van der Waals surface area contributed by atoms with Gasteiger partial charge in [0.1, 0.15) is 5.69 Å². The van der Waals surface area contributed by atoms with E-state index in [0.29, 0.717) is 18.3 Å². The van der Waals surface area contributed by atoms with Gasteiger partial charge in [-0.3, -0.25) is 9.78 Å². The first-order valence-corrected chi connectivity index (χ1v) is 8.72. The van der Waals surface area contributed by atoms with E-state index in [2.05, 4.69) is 51.4 Å². The molecular weight excluding hydrogens is 324 g/mol. The Bertz CT molecular complexity index is 909. The van der Waals surface area contributed by atoms with Crippen LogP contribution in [0.3, 0.4) is 0 Å². The molecule has 5 heteroatoms. The number of aromatic nitrogens is 2. The van der Waals surface area contributed by atoms with Crippen LogP contribution in [0.2, 0.25) is 0 Å². The second-order valence-corrected chi connectivity index (χ2v) is 6.49. The number of fused-ring (bicyclic) bond motifs is 1. The number of carbonyl (C=O) groups is 1. The van der Waals surface area contributed by atoms with Gasteiger partial charge in [0.2, 0.25) is 0 Å². The standard InChI is InChI=1S/C21H20N4O/c1-15-12-17-4-2-3-5-20(17)25(15)18-6-7-19(23-14-18)21(26)24-13-16-8-10-22-11-9-16/h2-11,14-15H,12-13H2,1H3,(H,24,26). The van der Waals surface area contributed by atoms with Gasteiger partial charge in [-0.05, 0) is 54.8 Å². The van der Waals surface area contributed by atoms with Gasteiger partial charge >= 0.3 is 0 Å². The van der Waals surface area contributed by atoms with Crippen LogP contribution in [0.1, 0.15) is 28.5 Å². The first kappa shape index (κ1) is 16.3. The first-order valence-electron chi connectivity index (χ1n) is 8.72. The maximum atomic E-state index is 12.3. The Hall–Kier alpha value is -3.21. The van der Waals surface area contributed by atoms with Gasteiger partial charge in [0.15, 0.2) is 0 Å². The molecule has 0 saturated carbocycles. The number of hydrogen-bond acceptors (Lipinski definition) is 4. The summed E-state index contributed by atoms with van der Waals surface area (Å²) in [5, 5.41) is 2.89. The third-order valence-electron chi connectivity index (χ3n) is 4.67. The van der Waals surface area contributed by atoms with Crippen molar-refractivity contribution in [2.75, 3.05) is 4.90 Å². The molecular formula is C21H20N4O. The molecule has 1 N–H and O–H groups in total. The number of nitrogens with one attached hydrogen (secondary N) is 1. The summed E-state index contributed by atoms with van der Waals surface area (Å²) < 4.78 is 0. The number of hydrogen-bond donors (Lipinski definition) is 1. The average Bonchev–Trinajstić information content (AvgIpc) is 3.03. The van der Waals surface area contributed by atoms with Crippen LogP contribution in [0.15, 0.2) is 67.1 Å². The molecule has 1 aromatic carbocycles. The number of anilines is 2. The fourth-order valence-corrected chi connectivity index (χ4v) is 3.40. The molecule has 4 rings (SSSR count). The summed E-state index contributed by atoms with van der Waals surface area (Å²) in [5.74, 6) is -0.178. The summed E-state index contributed by atoms with van der Waals surface area (Å²) in [6.07, 6.45) is 6.22. The van der Waals surface area contributed by atoms with E-state index < -0.39 is 0 Å². The molecule has 2 aromatic heterocycles. The fourth-order valence-electron chi connectivity index (χ4n) is 3.40. The zero-order chi connectivity index (χ0) is 17.9. The normalized spacial score (nSPS) is 15.6. The van der Waals surface area contributed by atoms with E-state index in [4.69, 9.17) is 0 Å². The van der Waals surface area contributed by atoms with Gasteiger partial charge in [-0.25, -0.2) is 4.98 Å². The highest BCUT2D eigenvalue weighted by atomic mass is 16.1. The van der Waals surface area contributed by atoms with Gasteiger partial charge in [0.05, 0.1) is 11.9 Å². The number of rotatable bonds is 4. The van der Waals surface area contributed by atoms with E-state index in [1.807, 2.05) is 18.2 Å². The minimum absolute atomic E-state index is 0.178. The van der Waals surface area contributed by atoms with Crippen LogP contribution >= 0.6 is 0 Å². The molecule has 0 bridgehead atoms. The number of carbonyl (C=O) groups excluding carboxylic acids is 1. The predicted octanol–water partition coefficient (Wildman–Crippen LogP) is 3.49. The Morgan fingerprint density at radius 2 is 1.96 bits per heavy atom. The van der Waals surface area contributed by atoms with Crippen molar-refractivity contribution in [1.29, 1.82) is 0 Å². The van der Waals surface area contributed by atoms with Crippen molar-refractivity contribution in [3.05, 3.63) is 83.9 Å². The second-order valence-electron chi connectivity index (χ2n) is 6.49. The van der Waals surface area contributed by atoms with E-state index >= 15 is 0 Å². The Morgan fingerprint density at radius 1 is 1.15 bits per heavy atom. The highest BCUT2D eigenvalue weighted by Crippen LogP contribution is 2.37. The molecule has 0 fully saturated rings. The largest absolute Gasteiger partial charge is 0.347 e. The van der Waals surface area contributed by atoms with E-state index in [1.165, 1.54) is 11.3 Å². The molecule has 1 unspecified atom stereocenters. The number of pyridine rings is 2. The van der Waals surface area contributed by atoms with Crippen molar-refractivity contribution in [2.24, 2.45) is 0 Å². The summed E-state index contributed by atoms with van der Waals surface area (Å²) in [5.41, 5.74) is 5.00. The molecule has 1 aliphatic rings. The Kier molecular flexibility index (Phi) is 4.35. The summed E-state index contributed by atoms with van der Waals surface area (Å²) in [6.45, 7) is 2.66. The van der Waals surface area contributed by atoms with Crippen molar-refractivity contribution >= 4 is 17.3 Å². The van der Waals surface area contributed by atoms with Crippen molar-refractivity contribution in [1.82, 2.24) is 15.3 Å². The molecule has 130 valence electrons. The lowest BCUT2D eigenvalue weighted by Crippen LogP contribution is -2.25. The van der Waals surface area contributed by atoms with Gasteiger partial charge in [0, 0.05) is 30.7 Å². The molecule has 5 nitrogen and oxygen atoms in total. The summed E-state index contributed by atoms with van der Waals surface area (Å²) >= 11 is 0. The average molecular weight is 344 g/mol. The van der Waals surface area contributed by atoms with Crippen LogP contribution < -0.4 is 10.2 Å². The lowest BCUT2D eigenvalue weighted by molar-refractivity contribution is 0.0946. The van der Waals surface area contributed by atoms with Crippen LogP contribution in [-0.4, -0.2) is 21.9 Å². The lowest BCUT2D eigenvalue weighted by atomic mass is 10.1. The van der Waals surface area contributed by atoms with E-state index in [9.17, 15) is 4.79 Å². The second kappa shape index (κ2) is 6.96. The molecule has 1 atom stereocenters. The van der Waals surface area contributed by atoms with Crippen LogP contribution in [0.4, 0.5) is 11.4 Å². The highest BCUT2D eigenvalue weighted by molar-refractivity contribution is 5.92. The van der Waals surface area contributed by atoms with Crippen LogP contribution in [0.25, 0.3) is 0 Å². The summed E-state index contributed by atoms with van der Waals surface area (Å²) in [7, 11) is 0. The molecule has 3 aromatic rings.